The van der Waals surface area contributed by atoms with Crippen LogP contribution in [0.15, 0.2) is 36.4 Å². The third-order valence-electron chi connectivity index (χ3n) is 6.12. The van der Waals surface area contributed by atoms with E-state index in [1.165, 1.54) is 16.7 Å². The van der Waals surface area contributed by atoms with Crippen LogP contribution in [-0.2, 0) is 16.6 Å². The molecule has 1 aliphatic heterocycles. The summed E-state index contributed by atoms with van der Waals surface area (Å²) in [6.45, 7) is 2.32. The molecule has 4 rings (SSSR count). The van der Waals surface area contributed by atoms with E-state index in [1.54, 1.807) is 0 Å². The summed E-state index contributed by atoms with van der Waals surface area (Å²) in [7, 11) is 1.96. The van der Waals surface area contributed by atoms with Gasteiger partial charge in [-0.2, -0.15) is 0 Å². The van der Waals surface area contributed by atoms with Crippen LogP contribution in [0.2, 0.25) is 10.0 Å². The maximum absolute atomic E-state index is 12.1. The van der Waals surface area contributed by atoms with Crippen molar-refractivity contribution in [1.82, 2.24) is 4.90 Å². The van der Waals surface area contributed by atoms with Crippen molar-refractivity contribution in [2.75, 3.05) is 7.05 Å². The molecular formula is C21H21Cl2NO. The summed E-state index contributed by atoms with van der Waals surface area (Å²) in [6, 6.07) is 12.8. The summed E-state index contributed by atoms with van der Waals surface area (Å²) in [4.78, 5) is 14.1. The van der Waals surface area contributed by atoms with Gasteiger partial charge < -0.3 is 4.90 Å². The quantitative estimate of drug-likeness (QED) is 0.647. The van der Waals surface area contributed by atoms with E-state index in [0.717, 1.165) is 24.8 Å². The van der Waals surface area contributed by atoms with Crippen molar-refractivity contribution in [2.24, 2.45) is 0 Å². The van der Waals surface area contributed by atoms with Gasteiger partial charge in [0.15, 0.2) is 0 Å². The van der Waals surface area contributed by atoms with Crippen LogP contribution in [0, 0.1) is 0 Å². The van der Waals surface area contributed by atoms with E-state index >= 15 is 0 Å². The number of hydrogen-bond donors (Lipinski definition) is 0. The van der Waals surface area contributed by atoms with Crippen molar-refractivity contribution >= 4 is 29.1 Å². The average Bonchev–Trinajstić information content (AvgIpc) is 2.60. The van der Waals surface area contributed by atoms with Crippen LogP contribution >= 0.6 is 23.2 Å². The number of halogens is 2. The zero-order valence-corrected chi connectivity index (χ0v) is 16.0. The molecule has 2 aromatic rings. The van der Waals surface area contributed by atoms with Crippen LogP contribution in [0.25, 0.3) is 11.1 Å². The minimum absolute atomic E-state index is 0.0480. The highest BCUT2D eigenvalue weighted by Gasteiger charge is 2.46. The van der Waals surface area contributed by atoms with Crippen LogP contribution in [0.5, 0.6) is 0 Å². The molecule has 0 N–H and O–H groups in total. The normalized spacial score (nSPS) is 25.5. The van der Waals surface area contributed by atoms with Gasteiger partial charge in [-0.05, 0) is 53.6 Å². The Kier molecular flexibility index (Phi) is 4.09. The number of rotatable bonds is 1. The largest absolute Gasteiger partial charge is 0.342 e. The molecule has 1 amide bonds. The van der Waals surface area contributed by atoms with Gasteiger partial charge in [0.1, 0.15) is 0 Å². The van der Waals surface area contributed by atoms with E-state index in [9.17, 15) is 4.79 Å². The summed E-state index contributed by atoms with van der Waals surface area (Å²) in [6.07, 6.45) is 3.59. The maximum atomic E-state index is 12.1. The molecule has 0 bridgehead atoms. The first kappa shape index (κ1) is 16.9. The summed E-state index contributed by atoms with van der Waals surface area (Å²) in [5.41, 5.74) is 5.09. The van der Waals surface area contributed by atoms with Crippen molar-refractivity contribution in [3.8, 4) is 11.1 Å². The van der Waals surface area contributed by atoms with Gasteiger partial charge in [-0.3, -0.25) is 4.79 Å². The third kappa shape index (κ3) is 2.67. The molecule has 2 atom stereocenters. The number of likely N-dealkylation sites (N-methyl/N-ethyl adjacent to an activating group) is 1. The Bertz CT molecular complexity index is 863. The Morgan fingerprint density at radius 3 is 2.52 bits per heavy atom. The second-order valence-corrected chi connectivity index (χ2v) is 8.29. The van der Waals surface area contributed by atoms with Crippen LogP contribution < -0.4 is 0 Å². The molecule has 1 saturated heterocycles. The lowest BCUT2D eigenvalue weighted by atomic mass is 9.63. The standard InChI is InChI=1S/C21H21Cl2NO/c1-21-10-9-20(25)24(2)19(21)8-5-15-11-13(3-6-16(15)21)14-4-7-17(22)18(23)12-14/h3-4,6-7,11-12,19H,5,8-10H2,1-2H3/t19-,21-/m1/s1. The Balaban J connectivity index is 1.75. The van der Waals surface area contributed by atoms with E-state index in [0.29, 0.717) is 22.5 Å². The lowest BCUT2D eigenvalue weighted by Gasteiger charge is -2.50. The van der Waals surface area contributed by atoms with Gasteiger partial charge in [0.05, 0.1) is 10.0 Å². The van der Waals surface area contributed by atoms with Crippen molar-refractivity contribution in [3.05, 3.63) is 57.6 Å². The number of nitrogens with zero attached hydrogens (tertiary/aromatic N) is 1. The molecule has 2 nitrogen and oxygen atoms in total. The van der Waals surface area contributed by atoms with Gasteiger partial charge >= 0.3 is 0 Å². The Morgan fingerprint density at radius 1 is 1.04 bits per heavy atom. The summed E-state index contributed by atoms with van der Waals surface area (Å²) in [5, 5.41) is 1.16. The van der Waals surface area contributed by atoms with E-state index < -0.39 is 0 Å². The maximum Gasteiger partial charge on any atom is 0.222 e. The predicted molar refractivity (Wildman–Crippen MR) is 103 cm³/mol. The molecule has 0 radical (unpaired) electrons. The smallest absolute Gasteiger partial charge is 0.222 e. The minimum atomic E-state index is 0.0480. The second kappa shape index (κ2) is 6.03. The first-order chi connectivity index (χ1) is 11.9. The number of fused-ring (bicyclic) bond motifs is 3. The number of benzene rings is 2. The van der Waals surface area contributed by atoms with Crippen molar-refractivity contribution in [3.63, 3.8) is 0 Å². The fraction of sp³-hybridized carbons (Fsp3) is 0.381. The fourth-order valence-electron chi connectivity index (χ4n) is 4.64. The molecular weight excluding hydrogens is 353 g/mol. The van der Waals surface area contributed by atoms with Crippen molar-refractivity contribution in [1.29, 1.82) is 0 Å². The number of carbonyl (C=O) groups is 1. The highest BCUT2D eigenvalue weighted by molar-refractivity contribution is 6.42. The molecule has 4 heteroatoms. The fourth-order valence-corrected chi connectivity index (χ4v) is 4.94. The van der Waals surface area contributed by atoms with E-state index in [1.807, 2.05) is 30.1 Å². The molecule has 1 fully saturated rings. The lowest BCUT2D eigenvalue weighted by molar-refractivity contribution is -0.138. The van der Waals surface area contributed by atoms with Gasteiger partial charge in [0.25, 0.3) is 0 Å². The Morgan fingerprint density at radius 2 is 1.76 bits per heavy atom. The van der Waals surface area contributed by atoms with Gasteiger partial charge in [0, 0.05) is 24.9 Å². The SMILES string of the molecule is CN1C(=O)CC[C@]2(C)c3ccc(-c4ccc(Cl)c(Cl)c4)cc3CC[C@@H]12. The van der Waals surface area contributed by atoms with Crippen LogP contribution in [-0.4, -0.2) is 23.9 Å². The predicted octanol–water partition coefficient (Wildman–Crippen LogP) is 5.49. The number of amides is 1. The monoisotopic (exact) mass is 373 g/mol. The highest BCUT2D eigenvalue weighted by atomic mass is 35.5. The van der Waals surface area contributed by atoms with E-state index in [2.05, 4.69) is 25.1 Å². The second-order valence-electron chi connectivity index (χ2n) is 7.48. The molecule has 0 aromatic heterocycles. The zero-order valence-electron chi connectivity index (χ0n) is 14.5. The van der Waals surface area contributed by atoms with Gasteiger partial charge in [-0.1, -0.05) is 54.4 Å². The molecule has 130 valence electrons. The first-order valence-corrected chi connectivity index (χ1v) is 9.50. The van der Waals surface area contributed by atoms with E-state index in [-0.39, 0.29) is 11.3 Å². The number of piperidine rings is 1. The lowest BCUT2D eigenvalue weighted by Crippen LogP contribution is -2.56. The molecule has 1 heterocycles. The van der Waals surface area contributed by atoms with Crippen LogP contribution in [0.3, 0.4) is 0 Å². The number of likely N-dealkylation sites (tertiary alicyclic amines) is 1. The number of aryl methyl sites for hydroxylation is 1. The van der Waals surface area contributed by atoms with Crippen molar-refractivity contribution < 1.29 is 4.79 Å². The zero-order chi connectivity index (χ0) is 17.8. The molecule has 0 unspecified atom stereocenters. The molecule has 2 aromatic carbocycles. The van der Waals surface area contributed by atoms with E-state index in [4.69, 9.17) is 23.2 Å². The Labute approximate surface area is 158 Å². The van der Waals surface area contributed by atoms with Crippen LogP contribution in [0.1, 0.15) is 37.3 Å². The molecule has 1 aliphatic carbocycles. The molecule has 0 saturated carbocycles. The number of carbonyl (C=O) groups excluding carboxylic acids is 1. The average molecular weight is 374 g/mol. The number of hydrogen-bond acceptors (Lipinski definition) is 1. The highest BCUT2D eigenvalue weighted by Crippen LogP contribution is 2.46. The van der Waals surface area contributed by atoms with Gasteiger partial charge in [-0.15, -0.1) is 0 Å². The Hall–Kier alpha value is -1.51. The summed E-state index contributed by atoms with van der Waals surface area (Å²) in [5.74, 6) is 0.276. The van der Waals surface area contributed by atoms with Crippen LogP contribution in [0.4, 0.5) is 0 Å². The summed E-state index contributed by atoms with van der Waals surface area (Å²) < 4.78 is 0. The third-order valence-corrected chi connectivity index (χ3v) is 6.85. The van der Waals surface area contributed by atoms with Crippen molar-refractivity contribution in [2.45, 2.75) is 44.1 Å². The summed E-state index contributed by atoms with van der Waals surface area (Å²) >= 11 is 12.2. The molecule has 25 heavy (non-hydrogen) atoms. The first-order valence-electron chi connectivity index (χ1n) is 8.74. The molecule has 0 spiro atoms. The molecule has 2 aliphatic rings. The van der Waals surface area contributed by atoms with Gasteiger partial charge in [-0.25, -0.2) is 0 Å². The minimum Gasteiger partial charge on any atom is -0.342 e. The van der Waals surface area contributed by atoms with Gasteiger partial charge in [0.2, 0.25) is 5.91 Å². The topological polar surface area (TPSA) is 20.3 Å².